The maximum Gasteiger partial charge on any atom is 0.147 e. The van der Waals surface area contributed by atoms with E-state index in [2.05, 4.69) is 23.4 Å². The lowest BCUT2D eigenvalue weighted by atomic mass is 9.82. The van der Waals surface area contributed by atoms with Gasteiger partial charge in [0, 0.05) is 16.8 Å². The fourth-order valence-corrected chi connectivity index (χ4v) is 2.66. The van der Waals surface area contributed by atoms with E-state index in [-0.39, 0.29) is 5.54 Å². The molecule has 0 radical (unpaired) electrons. The summed E-state index contributed by atoms with van der Waals surface area (Å²) in [5.41, 5.74) is 8.31. The molecule has 1 aromatic heterocycles. The summed E-state index contributed by atoms with van der Waals surface area (Å²) in [5, 5.41) is 5.38. The normalized spacial score (nSPS) is 22.6. The van der Waals surface area contributed by atoms with Crippen LogP contribution in [-0.4, -0.2) is 5.16 Å². The number of fused-ring (bicyclic) bond motifs is 1. The highest BCUT2D eigenvalue weighted by atomic mass is 16.5. The van der Waals surface area contributed by atoms with Crippen molar-refractivity contribution >= 4 is 10.9 Å². The molecule has 88 valence electrons. The Morgan fingerprint density at radius 1 is 1.29 bits per heavy atom. The van der Waals surface area contributed by atoms with E-state index in [0.717, 1.165) is 24.1 Å². The molecule has 2 saturated carbocycles. The quantitative estimate of drug-likeness (QED) is 0.859. The Hall–Kier alpha value is -1.35. The van der Waals surface area contributed by atoms with Gasteiger partial charge in [-0.1, -0.05) is 17.6 Å². The van der Waals surface area contributed by atoms with E-state index in [1.807, 2.05) is 0 Å². The lowest BCUT2D eigenvalue weighted by Gasteiger charge is -2.22. The molecule has 0 unspecified atom stereocenters. The third-order valence-corrected chi connectivity index (χ3v) is 4.35. The van der Waals surface area contributed by atoms with Gasteiger partial charge in [-0.25, -0.2) is 0 Å². The SMILES string of the molecule is NC1(c2ccc3c(C4CCC4)onc3c2)CC1. The zero-order valence-electron chi connectivity index (χ0n) is 9.78. The highest BCUT2D eigenvalue weighted by Crippen LogP contribution is 2.44. The molecule has 0 aliphatic heterocycles. The van der Waals surface area contributed by atoms with Crippen LogP contribution in [0.1, 0.15) is 49.3 Å². The number of nitrogens with two attached hydrogens (primary N) is 1. The molecule has 0 saturated heterocycles. The van der Waals surface area contributed by atoms with Crippen LogP contribution in [0.5, 0.6) is 0 Å². The smallest absolute Gasteiger partial charge is 0.147 e. The third kappa shape index (κ3) is 1.35. The number of rotatable bonds is 2. The van der Waals surface area contributed by atoms with Gasteiger partial charge < -0.3 is 10.3 Å². The first-order chi connectivity index (χ1) is 8.26. The van der Waals surface area contributed by atoms with Crippen LogP contribution in [0.25, 0.3) is 10.9 Å². The lowest BCUT2D eigenvalue weighted by molar-refractivity contribution is 0.305. The van der Waals surface area contributed by atoms with E-state index in [4.69, 9.17) is 10.3 Å². The molecule has 4 rings (SSSR count). The molecule has 2 fully saturated rings. The van der Waals surface area contributed by atoms with Crippen LogP contribution in [0.4, 0.5) is 0 Å². The van der Waals surface area contributed by atoms with E-state index in [9.17, 15) is 0 Å². The Balaban J connectivity index is 1.81. The van der Waals surface area contributed by atoms with Crippen molar-refractivity contribution in [2.24, 2.45) is 5.73 Å². The maximum absolute atomic E-state index is 6.20. The second-order valence-electron chi connectivity index (χ2n) is 5.56. The minimum absolute atomic E-state index is 0.0796. The highest BCUT2D eigenvalue weighted by Gasteiger charge is 2.40. The van der Waals surface area contributed by atoms with E-state index >= 15 is 0 Å². The Bertz CT molecular complexity index is 579. The minimum atomic E-state index is -0.0796. The van der Waals surface area contributed by atoms with Crippen LogP contribution in [0.15, 0.2) is 22.7 Å². The van der Waals surface area contributed by atoms with Crippen molar-refractivity contribution in [1.29, 1.82) is 0 Å². The van der Waals surface area contributed by atoms with E-state index in [1.54, 1.807) is 0 Å². The van der Waals surface area contributed by atoms with E-state index in [1.165, 1.54) is 30.2 Å². The molecule has 17 heavy (non-hydrogen) atoms. The molecule has 0 bridgehead atoms. The third-order valence-electron chi connectivity index (χ3n) is 4.35. The van der Waals surface area contributed by atoms with Gasteiger partial charge in [-0.05, 0) is 43.4 Å². The molecule has 1 aromatic carbocycles. The van der Waals surface area contributed by atoms with Crippen molar-refractivity contribution in [3.63, 3.8) is 0 Å². The van der Waals surface area contributed by atoms with Gasteiger partial charge in [0.1, 0.15) is 11.3 Å². The molecule has 0 amide bonds. The van der Waals surface area contributed by atoms with Crippen LogP contribution >= 0.6 is 0 Å². The molecule has 3 heteroatoms. The molecular weight excluding hydrogens is 212 g/mol. The van der Waals surface area contributed by atoms with E-state index in [0.29, 0.717) is 5.92 Å². The van der Waals surface area contributed by atoms with E-state index < -0.39 is 0 Å². The maximum atomic E-state index is 6.20. The summed E-state index contributed by atoms with van der Waals surface area (Å²) in [6, 6.07) is 6.39. The number of hydrogen-bond donors (Lipinski definition) is 1. The van der Waals surface area contributed by atoms with Crippen molar-refractivity contribution in [3.8, 4) is 0 Å². The van der Waals surface area contributed by atoms with Gasteiger partial charge >= 0.3 is 0 Å². The van der Waals surface area contributed by atoms with Crippen LogP contribution in [0, 0.1) is 0 Å². The van der Waals surface area contributed by atoms with Gasteiger partial charge in [-0.3, -0.25) is 0 Å². The molecule has 0 atom stereocenters. The zero-order valence-corrected chi connectivity index (χ0v) is 9.78. The fraction of sp³-hybridized carbons (Fsp3) is 0.500. The summed E-state index contributed by atoms with van der Waals surface area (Å²) in [6.07, 6.45) is 5.98. The first-order valence-corrected chi connectivity index (χ1v) is 6.45. The van der Waals surface area contributed by atoms with Crippen molar-refractivity contribution in [3.05, 3.63) is 29.5 Å². The summed E-state index contributed by atoms with van der Waals surface area (Å²) < 4.78 is 5.52. The predicted octanol–water partition coefficient (Wildman–Crippen LogP) is 3.04. The van der Waals surface area contributed by atoms with Crippen molar-refractivity contribution in [2.75, 3.05) is 0 Å². The molecule has 1 heterocycles. The molecular formula is C14H16N2O. The second-order valence-corrected chi connectivity index (χ2v) is 5.56. The van der Waals surface area contributed by atoms with Crippen LogP contribution in [0.2, 0.25) is 0 Å². The number of benzene rings is 1. The van der Waals surface area contributed by atoms with Crippen LogP contribution < -0.4 is 5.73 Å². The van der Waals surface area contributed by atoms with Gasteiger partial charge in [-0.2, -0.15) is 0 Å². The Labute approximate surface area is 100.0 Å². The number of aromatic nitrogens is 1. The van der Waals surface area contributed by atoms with Crippen LogP contribution in [-0.2, 0) is 5.54 Å². The minimum Gasteiger partial charge on any atom is -0.360 e. The zero-order chi connectivity index (χ0) is 11.5. The molecule has 2 aliphatic rings. The molecule has 0 spiro atoms. The predicted molar refractivity (Wildman–Crippen MR) is 65.7 cm³/mol. The molecule has 2 aliphatic carbocycles. The number of nitrogens with zero attached hydrogens (tertiary/aromatic N) is 1. The largest absolute Gasteiger partial charge is 0.360 e. The van der Waals surface area contributed by atoms with Crippen LogP contribution in [0.3, 0.4) is 0 Å². The average Bonchev–Trinajstić information content (AvgIpc) is 2.88. The van der Waals surface area contributed by atoms with Gasteiger partial charge in [0.25, 0.3) is 0 Å². The summed E-state index contributed by atoms with van der Waals surface area (Å²) in [6.45, 7) is 0. The Morgan fingerprint density at radius 2 is 2.12 bits per heavy atom. The summed E-state index contributed by atoms with van der Waals surface area (Å²) in [7, 11) is 0. The second kappa shape index (κ2) is 3.10. The van der Waals surface area contributed by atoms with Gasteiger partial charge in [0.15, 0.2) is 0 Å². The Kier molecular flexibility index (Phi) is 1.76. The molecule has 2 N–H and O–H groups in total. The first-order valence-electron chi connectivity index (χ1n) is 6.45. The topological polar surface area (TPSA) is 52.0 Å². The van der Waals surface area contributed by atoms with Gasteiger partial charge in [0.05, 0.1) is 0 Å². The van der Waals surface area contributed by atoms with Crippen molar-refractivity contribution in [2.45, 2.75) is 43.6 Å². The highest BCUT2D eigenvalue weighted by molar-refractivity contribution is 5.82. The van der Waals surface area contributed by atoms with Crippen molar-refractivity contribution < 1.29 is 4.52 Å². The monoisotopic (exact) mass is 228 g/mol. The standard InChI is InChI=1S/C14H16N2O/c15-14(6-7-14)10-4-5-11-12(8-10)16-17-13(11)9-2-1-3-9/h4-5,8-9H,1-3,6-7,15H2. The first kappa shape index (κ1) is 9.66. The van der Waals surface area contributed by atoms with Gasteiger partial charge in [-0.15, -0.1) is 0 Å². The Morgan fingerprint density at radius 3 is 2.76 bits per heavy atom. The molecule has 2 aromatic rings. The fourth-order valence-electron chi connectivity index (χ4n) is 2.66. The summed E-state index contributed by atoms with van der Waals surface area (Å²) in [5.74, 6) is 1.68. The number of hydrogen-bond acceptors (Lipinski definition) is 3. The van der Waals surface area contributed by atoms with Gasteiger partial charge in [0.2, 0.25) is 0 Å². The average molecular weight is 228 g/mol. The summed E-state index contributed by atoms with van der Waals surface area (Å²) >= 11 is 0. The molecule has 3 nitrogen and oxygen atoms in total. The van der Waals surface area contributed by atoms with Crippen molar-refractivity contribution in [1.82, 2.24) is 5.16 Å². The summed E-state index contributed by atoms with van der Waals surface area (Å²) in [4.78, 5) is 0. The lowest BCUT2D eigenvalue weighted by Crippen LogP contribution is -2.18.